The second-order valence-electron chi connectivity index (χ2n) is 5.94. The van der Waals surface area contributed by atoms with Crippen molar-refractivity contribution in [3.63, 3.8) is 0 Å². The Morgan fingerprint density at radius 3 is 2.35 bits per heavy atom. The topological polar surface area (TPSA) is 89.5 Å². The third-order valence-electron chi connectivity index (χ3n) is 3.81. The fraction of sp³-hybridized carbons (Fsp3) is 0.158. The van der Waals surface area contributed by atoms with Gasteiger partial charge in [0.1, 0.15) is 5.75 Å². The molecule has 1 N–H and O–H groups in total. The first-order valence-electron chi connectivity index (χ1n) is 7.99. The van der Waals surface area contributed by atoms with Crippen LogP contribution in [0.4, 0.5) is 5.69 Å². The molecule has 0 spiro atoms. The molecular formula is C19H17NO5S. The third-order valence-corrected chi connectivity index (χ3v) is 5.28. The molecular weight excluding hydrogens is 354 g/mol. The molecule has 134 valence electrons. The number of esters is 1. The second kappa shape index (κ2) is 7.53. The van der Waals surface area contributed by atoms with Gasteiger partial charge in [-0.05, 0) is 36.4 Å². The molecule has 0 saturated heterocycles. The first-order valence-corrected chi connectivity index (χ1v) is 9.71. The number of benzene rings is 2. The van der Waals surface area contributed by atoms with E-state index < -0.39 is 15.8 Å². The fourth-order valence-corrected chi connectivity index (χ4v) is 3.95. The van der Waals surface area contributed by atoms with Gasteiger partial charge in [-0.25, -0.2) is 8.42 Å². The lowest BCUT2D eigenvalue weighted by Crippen LogP contribution is -2.15. The molecule has 0 aromatic heterocycles. The van der Waals surface area contributed by atoms with E-state index in [2.05, 4.69) is 5.32 Å². The van der Waals surface area contributed by atoms with Gasteiger partial charge in [0.05, 0.1) is 12.2 Å². The highest BCUT2D eigenvalue weighted by atomic mass is 32.2. The Balaban J connectivity index is 1.54. The van der Waals surface area contributed by atoms with E-state index >= 15 is 0 Å². The van der Waals surface area contributed by atoms with Crippen LogP contribution in [0.5, 0.6) is 5.75 Å². The summed E-state index contributed by atoms with van der Waals surface area (Å²) in [6.45, 7) is 0. The van der Waals surface area contributed by atoms with Crippen molar-refractivity contribution in [2.45, 2.75) is 6.42 Å². The highest BCUT2D eigenvalue weighted by Gasteiger charge is 2.24. The SMILES string of the molecule is O=C(C[C@H]1C=CS(=O)(=O)C1)Oc1ccc(NC(=O)c2ccccc2)cc1. The fourth-order valence-electron chi connectivity index (χ4n) is 2.55. The van der Waals surface area contributed by atoms with Gasteiger partial charge < -0.3 is 10.1 Å². The summed E-state index contributed by atoms with van der Waals surface area (Å²) in [5.74, 6) is -0.816. The Labute approximate surface area is 151 Å². The largest absolute Gasteiger partial charge is 0.427 e. The van der Waals surface area contributed by atoms with Crippen molar-refractivity contribution in [1.82, 2.24) is 0 Å². The molecule has 0 aliphatic carbocycles. The first kappa shape index (κ1) is 17.9. The van der Waals surface area contributed by atoms with Crippen LogP contribution < -0.4 is 10.1 Å². The number of amides is 1. The van der Waals surface area contributed by atoms with Gasteiger partial charge in [-0.3, -0.25) is 9.59 Å². The maximum atomic E-state index is 12.1. The van der Waals surface area contributed by atoms with Crippen LogP contribution in [0.15, 0.2) is 66.1 Å². The number of nitrogens with one attached hydrogen (secondary N) is 1. The number of carbonyl (C=O) groups is 2. The van der Waals surface area contributed by atoms with Gasteiger partial charge in [-0.2, -0.15) is 0 Å². The maximum Gasteiger partial charge on any atom is 0.311 e. The lowest BCUT2D eigenvalue weighted by Gasteiger charge is -2.09. The molecule has 1 aliphatic rings. The number of carbonyl (C=O) groups excluding carboxylic acids is 2. The number of hydrogen-bond donors (Lipinski definition) is 1. The van der Waals surface area contributed by atoms with E-state index in [0.717, 1.165) is 5.41 Å². The first-order chi connectivity index (χ1) is 12.4. The summed E-state index contributed by atoms with van der Waals surface area (Å²) in [6.07, 6.45) is 1.51. The van der Waals surface area contributed by atoms with Crippen LogP contribution in [-0.4, -0.2) is 26.0 Å². The molecule has 1 aliphatic heterocycles. The highest BCUT2D eigenvalue weighted by Crippen LogP contribution is 2.21. The van der Waals surface area contributed by atoms with Crippen molar-refractivity contribution < 1.29 is 22.7 Å². The van der Waals surface area contributed by atoms with Gasteiger partial charge in [0, 0.05) is 22.6 Å². The zero-order valence-corrected chi connectivity index (χ0v) is 14.6. The minimum Gasteiger partial charge on any atom is -0.427 e. The second-order valence-corrected chi connectivity index (χ2v) is 7.87. The molecule has 3 rings (SSSR count). The van der Waals surface area contributed by atoms with E-state index in [4.69, 9.17) is 4.74 Å². The Bertz CT molecular complexity index is 934. The lowest BCUT2D eigenvalue weighted by molar-refractivity contribution is -0.134. The number of hydrogen-bond acceptors (Lipinski definition) is 5. The Hall–Kier alpha value is -2.93. The summed E-state index contributed by atoms with van der Waals surface area (Å²) in [5.41, 5.74) is 1.12. The molecule has 0 bridgehead atoms. The van der Waals surface area contributed by atoms with Gasteiger partial charge in [0.25, 0.3) is 5.91 Å². The lowest BCUT2D eigenvalue weighted by atomic mass is 10.1. The average Bonchev–Trinajstić information content (AvgIpc) is 2.95. The molecule has 1 heterocycles. The van der Waals surface area contributed by atoms with Crippen molar-refractivity contribution in [2.75, 3.05) is 11.1 Å². The molecule has 1 atom stereocenters. The summed E-state index contributed by atoms with van der Waals surface area (Å²) in [5, 5.41) is 3.89. The van der Waals surface area contributed by atoms with Crippen LogP contribution >= 0.6 is 0 Å². The summed E-state index contributed by atoms with van der Waals surface area (Å²) >= 11 is 0. The summed E-state index contributed by atoms with van der Waals surface area (Å²) < 4.78 is 27.9. The monoisotopic (exact) mass is 371 g/mol. The number of anilines is 1. The van der Waals surface area contributed by atoms with E-state index in [1.54, 1.807) is 48.5 Å². The molecule has 0 fully saturated rings. The zero-order chi connectivity index (χ0) is 18.6. The van der Waals surface area contributed by atoms with Crippen LogP contribution in [0.25, 0.3) is 0 Å². The average molecular weight is 371 g/mol. The van der Waals surface area contributed by atoms with Gasteiger partial charge >= 0.3 is 5.97 Å². The normalized spacial score (nSPS) is 17.6. The molecule has 7 heteroatoms. The van der Waals surface area contributed by atoms with Crippen LogP contribution in [0.2, 0.25) is 0 Å². The van der Waals surface area contributed by atoms with Crippen molar-refractivity contribution >= 4 is 27.4 Å². The van der Waals surface area contributed by atoms with Gasteiger partial charge in [-0.15, -0.1) is 0 Å². The Morgan fingerprint density at radius 1 is 1.04 bits per heavy atom. The van der Waals surface area contributed by atoms with Gasteiger partial charge in [0.2, 0.25) is 0 Å². The van der Waals surface area contributed by atoms with Crippen molar-refractivity contribution in [1.29, 1.82) is 0 Å². The van der Waals surface area contributed by atoms with Crippen LogP contribution in [0.1, 0.15) is 16.8 Å². The summed E-state index contributed by atoms with van der Waals surface area (Å²) in [4.78, 5) is 24.0. The molecule has 26 heavy (non-hydrogen) atoms. The number of rotatable bonds is 5. The highest BCUT2D eigenvalue weighted by molar-refractivity contribution is 7.94. The Kier molecular flexibility index (Phi) is 5.18. The molecule has 0 unspecified atom stereocenters. The predicted molar refractivity (Wildman–Crippen MR) is 97.5 cm³/mol. The summed E-state index contributed by atoms with van der Waals surface area (Å²) in [6, 6.07) is 15.2. The maximum absolute atomic E-state index is 12.1. The predicted octanol–water partition coefficient (Wildman–Crippen LogP) is 2.79. The van der Waals surface area contributed by atoms with Crippen molar-refractivity contribution in [3.8, 4) is 5.75 Å². The third kappa shape index (κ3) is 4.80. The van der Waals surface area contributed by atoms with E-state index in [1.807, 2.05) is 6.07 Å². The smallest absolute Gasteiger partial charge is 0.311 e. The number of allylic oxidation sites excluding steroid dienone is 1. The van der Waals surface area contributed by atoms with Crippen molar-refractivity contribution in [2.24, 2.45) is 5.92 Å². The van der Waals surface area contributed by atoms with E-state index in [1.165, 1.54) is 6.08 Å². The minimum atomic E-state index is -3.18. The number of sulfone groups is 1. The quantitative estimate of drug-likeness (QED) is 0.645. The molecule has 0 radical (unpaired) electrons. The standard InChI is InChI=1S/C19H17NO5S/c21-18(12-14-10-11-26(23,24)13-14)25-17-8-6-16(7-9-17)20-19(22)15-4-2-1-3-5-15/h1-11,14H,12-13H2,(H,20,22)/t14-/m1/s1. The van der Waals surface area contributed by atoms with Crippen LogP contribution in [0, 0.1) is 5.92 Å². The van der Waals surface area contributed by atoms with Gasteiger partial charge in [-0.1, -0.05) is 24.3 Å². The molecule has 0 saturated carbocycles. The number of ether oxygens (including phenoxy) is 1. The zero-order valence-electron chi connectivity index (χ0n) is 13.8. The molecule has 2 aromatic rings. The molecule has 6 nitrogen and oxygen atoms in total. The van der Waals surface area contributed by atoms with Crippen LogP contribution in [-0.2, 0) is 14.6 Å². The molecule has 2 aromatic carbocycles. The van der Waals surface area contributed by atoms with E-state index in [-0.39, 0.29) is 24.0 Å². The minimum absolute atomic E-state index is 0.00221. The van der Waals surface area contributed by atoms with Crippen molar-refractivity contribution in [3.05, 3.63) is 71.6 Å². The van der Waals surface area contributed by atoms with E-state index in [0.29, 0.717) is 17.0 Å². The van der Waals surface area contributed by atoms with E-state index in [9.17, 15) is 18.0 Å². The van der Waals surface area contributed by atoms with Gasteiger partial charge in [0.15, 0.2) is 9.84 Å². The van der Waals surface area contributed by atoms with Crippen LogP contribution in [0.3, 0.4) is 0 Å². The Morgan fingerprint density at radius 2 is 1.73 bits per heavy atom. The summed E-state index contributed by atoms with van der Waals surface area (Å²) in [7, 11) is -3.18. The molecule has 1 amide bonds.